The van der Waals surface area contributed by atoms with Crippen LogP contribution in [0.2, 0.25) is 0 Å². The van der Waals surface area contributed by atoms with Crippen LogP contribution in [0.4, 0.5) is 15.9 Å². The Hall–Kier alpha value is -2.95. The fourth-order valence-electron chi connectivity index (χ4n) is 2.56. The number of hydrogen-bond acceptors (Lipinski definition) is 9. The molecule has 3 heterocycles. The summed E-state index contributed by atoms with van der Waals surface area (Å²) in [5, 5.41) is 12.1. The molecule has 0 aromatic carbocycles. The molecule has 2 N–H and O–H groups in total. The number of carbonyl (C=O) groups is 2. The maximum absolute atomic E-state index is 12.7. The fraction of sp³-hybridized carbons (Fsp3) is 0.471. The molecule has 1 aliphatic rings. The molecule has 3 rings (SSSR count). The van der Waals surface area contributed by atoms with Crippen molar-refractivity contribution in [2.45, 2.75) is 26.4 Å². The molecular weight excluding hydrogens is 384 g/mol. The maximum Gasteiger partial charge on any atom is 0.413 e. The molecule has 0 radical (unpaired) electrons. The molecule has 1 saturated heterocycles. The van der Waals surface area contributed by atoms with E-state index in [1.807, 2.05) is 4.90 Å². The van der Waals surface area contributed by atoms with Gasteiger partial charge in [-0.05, 0) is 20.8 Å². The van der Waals surface area contributed by atoms with Gasteiger partial charge in [-0.25, -0.2) is 19.7 Å². The van der Waals surface area contributed by atoms with E-state index in [9.17, 15) is 14.7 Å². The van der Waals surface area contributed by atoms with Gasteiger partial charge in [0.15, 0.2) is 10.9 Å². The zero-order chi connectivity index (χ0) is 20.3. The number of nitrogens with one attached hydrogen (secondary N) is 1. The monoisotopic (exact) mass is 406 g/mol. The van der Waals surface area contributed by atoms with E-state index in [4.69, 9.17) is 4.74 Å². The molecule has 0 spiro atoms. The van der Waals surface area contributed by atoms with Crippen molar-refractivity contribution in [2.75, 3.05) is 36.4 Å². The topological polar surface area (TPSA) is 121 Å². The number of anilines is 2. The minimum absolute atomic E-state index is 0.0126. The van der Waals surface area contributed by atoms with Crippen molar-refractivity contribution in [1.82, 2.24) is 19.9 Å². The lowest BCUT2D eigenvalue weighted by molar-refractivity contribution is 0.0635. The van der Waals surface area contributed by atoms with Crippen molar-refractivity contribution in [3.8, 4) is 5.75 Å². The Labute approximate surface area is 166 Å². The molecule has 1 aliphatic heterocycles. The Kier molecular flexibility index (Phi) is 5.63. The highest BCUT2D eigenvalue weighted by molar-refractivity contribution is 7.17. The first kappa shape index (κ1) is 19.8. The lowest BCUT2D eigenvalue weighted by Gasteiger charge is -2.34. The number of carbonyl (C=O) groups excluding carboxylic acids is 2. The maximum atomic E-state index is 12.7. The Morgan fingerprint density at radius 1 is 1.11 bits per heavy atom. The fourth-order valence-corrected chi connectivity index (χ4v) is 3.33. The van der Waals surface area contributed by atoms with E-state index in [2.05, 4.69) is 20.3 Å². The van der Waals surface area contributed by atoms with E-state index in [1.165, 1.54) is 18.6 Å². The number of hydrogen-bond donors (Lipinski definition) is 2. The summed E-state index contributed by atoms with van der Waals surface area (Å²) in [6, 6.07) is 0. The third-order valence-corrected chi connectivity index (χ3v) is 4.70. The molecule has 2 aromatic rings. The number of nitrogens with zero attached hydrogens (tertiary/aromatic N) is 5. The number of aromatic hydroxyl groups is 1. The lowest BCUT2D eigenvalue weighted by Crippen LogP contribution is -2.49. The van der Waals surface area contributed by atoms with Gasteiger partial charge < -0.3 is 19.6 Å². The number of ether oxygens (including phenoxy) is 1. The Balaban J connectivity index is 1.55. The van der Waals surface area contributed by atoms with Gasteiger partial charge in [0, 0.05) is 26.2 Å². The third kappa shape index (κ3) is 5.06. The minimum atomic E-state index is -0.610. The van der Waals surface area contributed by atoms with Crippen LogP contribution in [0.15, 0.2) is 18.6 Å². The summed E-state index contributed by atoms with van der Waals surface area (Å²) in [5.41, 5.74) is -0.610. The van der Waals surface area contributed by atoms with Crippen molar-refractivity contribution in [2.24, 2.45) is 0 Å². The lowest BCUT2D eigenvalue weighted by atomic mass is 10.2. The minimum Gasteiger partial charge on any atom is -0.505 e. The zero-order valence-corrected chi connectivity index (χ0v) is 16.7. The third-order valence-electron chi connectivity index (χ3n) is 3.80. The first-order valence-corrected chi connectivity index (χ1v) is 9.54. The molecule has 28 heavy (non-hydrogen) atoms. The van der Waals surface area contributed by atoms with Gasteiger partial charge in [-0.2, -0.15) is 0 Å². The second kappa shape index (κ2) is 7.97. The SMILES string of the molecule is CC(C)(C)OC(=O)Nc1ncc(C(=O)N2CCN(c3ncc(O)cn3)CC2)s1. The average Bonchev–Trinajstić information content (AvgIpc) is 3.08. The van der Waals surface area contributed by atoms with E-state index in [1.54, 1.807) is 25.7 Å². The van der Waals surface area contributed by atoms with Gasteiger partial charge in [0.1, 0.15) is 10.5 Å². The molecule has 2 amide bonds. The molecule has 0 unspecified atom stereocenters. The van der Waals surface area contributed by atoms with E-state index in [-0.39, 0.29) is 11.7 Å². The van der Waals surface area contributed by atoms with Crippen molar-refractivity contribution in [3.63, 3.8) is 0 Å². The molecule has 11 heteroatoms. The number of aromatic nitrogens is 3. The number of piperazine rings is 1. The van der Waals surface area contributed by atoms with Gasteiger partial charge in [0.2, 0.25) is 5.95 Å². The van der Waals surface area contributed by atoms with E-state index >= 15 is 0 Å². The van der Waals surface area contributed by atoms with Crippen LogP contribution in [-0.4, -0.2) is 68.7 Å². The van der Waals surface area contributed by atoms with Crippen LogP contribution in [0.1, 0.15) is 30.4 Å². The summed E-state index contributed by atoms with van der Waals surface area (Å²) >= 11 is 1.11. The van der Waals surface area contributed by atoms with Crippen molar-refractivity contribution >= 4 is 34.4 Å². The van der Waals surface area contributed by atoms with Crippen LogP contribution in [0.3, 0.4) is 0 Å². The highest BCUT2D eigenvalue weighted by Gasteiger charge is 2.25. The average molecular weight is 406 g/mol. The molecule has 150 valence electrons. The Morgan fingerprint density at radius 3 is 2.36 bits per heavy atom. The predicted molar refractivity (Wildman–Crippen MR) is 104 cm³/mol. The summed E-state index contributed by atoms with van der Waals surface area (Å²) in [6.45, 7) is 7.49. The smallest absolute Gasteiger partial charge is 0.413 e. The largest absolute Gasteiger partial charge is 0.505 e. The van der Waals surface area contributed by atoms with Crippen molar-refractivity contribution in [3.05, 3.63) is 23.5 Å². The Bertz CT molecular complexity index is 840. The summed E-state index contributed by atoms with van der Waals surface area (Å²) in [4.78, 5) is 40.9. The highest BCUT2D eigenvalue weighted by atomic mass is 32.1. The molecule has 2 aromatic heterocycles. The van der Waals surface area contributed by atoms with Gasteiger partial charge in [-0.15, -0.1) is 0 Å². The van der Waals surface area contributed by atoms with Crippen molar-refractivity contribution in [1.29, 1.82) is 0 Å². The highest BCUT2D eigenvalue weighted by Crippen LogP contribution is 2.22. The normalized spacial score (nSPS) is 14.7. The van der Waals surface area contributed by atoms with Crippen molar-refractivity contribution < 1.29 is 19.4 Å². The van der Waals surface area contributed by atoms with Crippen LogP contribution in [-0.2, 0) is 4.74 Å². The standard InChI is InChI=1S/C17H22N6O4S/c1-17(2,3)27-16(26)21-15-20-10-12(28-15)13(25)22-4-6-23(7-5-22)14-18-8-11(24)9-19-14/h8-10,24H,4-7H2,1-3H3,(H,20,21,26). The van der Waals surface area contributed by atoms with Crippen LogP contribution >= 0.6 is 11.3 Å². The Morgan fingerprint density at radius 2 is 1.75 bits per heavy atom. The van der Waals surface area contributed by atoms with Crippen LogP contribution < -0.4 is 10.2 Å². The van der Waals surface area contributed by atoms with Crippen LogP contribution in [0.25, 0.3) is 0 Å². The number of amides is 2. The molecular formula is C17H22N6O4S. The molecule has 0 atom stereocenters. The quantitative estimate of drug-likeness (QED) is 0.793. The van der Waals surface area contributed by atoms with Gasteiger partial charge in [0.25, 0.3) is 5.91 Å². The van der Waals surface area contributed by atoms with Gasteiger partial charge in [-0.3, -0.25) is 10.1 Å². The van der Waals surface area contributed by atoms with E-state index in [0.29, 0.717) is 42.1 Å². The first-order chi connectivity index (χ1) is 13.2. The summed E-state index contributed by atoms with van der Waals surface area (Å²) in [5.74, 6) is 0.395. The molecule has 0 saturated carbocycles. The predicted octanol–water partition coefficient (Wildman–Crippen LogP) is 1.95. The second-order valence-corrected chi connectivity index (χ2v) is 8.21. The number of thiazole rings is 1. The van der Waals surface area contributed by atoms with E-state index in [0.717, 1.165) is 11.3 Å². The molecule has 0 bridgehead atoms. The molecule has 10 nitrogen and oxygen atoms in total. The van der Waals surface area contributed by atoms with Gasteiger partial charge >= 0.3 is 6.09 Å². The summed E-state index contributed by atoms with van der Waals surface area (Å²) in [6.07, 6.45) is 3.53. The second-order valence-electron chi connectivity index (χ2n) is 7.18. The summed E-state index contributed by atoms with van der Waals surface area (Å²) < 4.78 is 5.18. The van der Waals surface area contributed by atoms with Gasteiger partial charge in [0.05, 0.1) is 18.6 Å². The first-order valence-electron chi connectivity index (χ1n) is 8.72. The molecule has 1 fully saturated rings. The van der Waals surface area contributed by atoms with Gasteiger partial charge in [-0.1, -0.05) is 11.3 Å². The number of rotatable bonds is 3. The summed E-state index contributed by atoms with van der Waals surface area (Å²) in [7, 11) is 0. The zero-order valence-electron chi connectivity index (χ0n) is 15.9. The van der Waals surface area contributed by atoms with E-state index < -0.39 is 11.7 Å². The van der Waals surface area contributed by atoms with Crippen LogP contribution in [0.5, 0.6) is 5.75 Å². The molecule has 0 aliphatic carbocycles. The van der Waals surface area contributed by atoms with Crippen LogP contribution in [0, 0.1) is 0 Å².